The number of carboxylic acids is 1. The number of anilines is 1. The molecule has 0 saturated carbocycles. The second-order valence-electron chi connectivity index (χ2n) is 4.53. The van der Waals surface area contributed by atoms with Crippen molar-refractivity contribution in [3.63, 3.8) is 0 Å². The summed E-state index contributed by atoms with van der Waals surface area (Å²) >= 11 is 1.51. The van der Waals surface area contributed by atoms with Crippen LogP contribution in [0.2, 0.25) is 0 Å². The summed E-state index contributed by atoms with van der Waals surface area (Å²) in [4.78, 5) is 27.6. The first-order valence-corrected chi connectivity index (χ1v) is 7.56. The summed E-state index contributed by atoms with van der Waals surface area (Å²) in [6, 6.07) is 4.48. The van der Waals surface area contributed by atoms with E-state index in [2.05, 4.69) is 10.3 Å². The number of amides is 1. The highest BCUT2D eigenvalue weighted by atomic mass is 32.1. The summed E-state index contributed by atoms with van der Waals surface area (Å²) in [7, 11) is 1.45. The number of carbonyl (C=O) groups excluding carboxylic acids is 1. The average molecular weight is 320 g/mol. The molecule has 0 fully saturated rings. The third-order valence-electron chi connectivity index (χ3n) is 2.97. The molecule has 0 spiro atoms. The Kier molecular flexibility index (Phi) is 5.11. The standard InChI is InChI=1S/C15H16N2O4S/c1-3-14-16-9(8-22-14)6-13(18)17-12-5-4-10(21-2)7-11(12)15(19)20/h4-5,7-8H,3,6H2,1-2H3,(H,17,18)(H,19,20). The van der Waals surface area contributed by atoms with Gasteiger partial charge < -0.3 is 15.2 Å². The van der Waals surface area contributed by atoms with Gasteiger partial charge in [-0.05, 0) is 24.6 Å². The van der Waals surface area contributed by atoms with Gasteiger partial charge in [0.2, 0.25) is 5.91 Å². The molecule has 2 N–H and O–H groups in total. The maximum atomic E-state index is 12.0. The number of aromatic nitrogens is 1. The number of ether oxygens (including phenoxy) is 1. The monoisotopic (exact) mass is 320 g/mol. The van der Waals surface area contributed by atoms with Crippen LogP contribution in [0, 0.1) is 0 Å². The fourth-order valence-electron chi connectivity index (χ4n) is 1.89. The number of carbonyl (C=O) groups is 2. The van der Waals surface area contributed by atoms with Crippen LogP contribution < -0.4 is 10.1 Å². The lowest BCUT2D eigenvalue weighted by Crippen LogP contribution is -2.17. The molecule has 0 aliphatic rings. The predicted octanol–water partition coefficient (Wildman–Crippen LogP) is 2.59. The number of aryl methyl sites for hydroxylation is 1. The molecule has 6 nitrogen and oxygen atoms in total. The van der Waals surface area contributed by atoms with Crippen LogP contribution in [0.4, 0.5) is 5.69 Å². The summed E-state index contributed by atoms with van der Waals surface area (Å²) in [6.07, 6.45) is 0.940. The average Bonchev–Trinajstić information content (AvgIpc) is 2.94. The molecule has 2 rings (SSSR count). The molecule has 0 saturated heterocycles. The Bertz CT molecular complexity index is 697. The van der Waals surface area contributed by atoms with Crippen LogP contribution in [0.1, 0.15) is 28.0 Å². The van der Waals surface area contributed by atoms with Gasteiger partial charge in [-0.15, -0.1) is 11.3 Å². The number of thiazole rings is 1. The van der Waals surface area contributed by atoms with Crippen LogP contribution in [-0.4, -0.2) is 29.1 Å². The zero-order valence-electron chi connectivity index (χ0n) is 12.3. The maximum Gasteiger partial charge on any atom is 0.337 e. The van der Waals surface area contributed by atoms with Crippen LogP contribution in [0.25, 0.3) is 0 Å². The molecular weight excluding hydrogens is 304 g/mol. The van der Waals surface area contributed by atoms with Crippen molar-refractivity contribution in [1.82, 2.24) is 4.98 Å². The number of benzene rings is 1. The molecule has 0 radical (unpaired) electrons. The minimum Gasteiger partial charge on any atom is -0.497 e. The van der Waals surface area contributed by atoms with Crippen LogP contribution in [-0.2, 0) is 17.6 Å². The van der Waals surface area contributed by atoms with Crippen molar-refractivity contribution in [2.24, 2.45) is 0 Å². The Balaban J connectivity index is 2.12. The van der Waals surface area contributed by atoms with Gasteiger partial charge in [0.15, 0.2) is 0 Å². The first-order chi connectivity index (χ1) is 10.5. The Labute approximate surface area is 131 Å². The van der Waals surface area contributed by atoms with Crippen LogP contribution in [0.15, 0.2) is 23.6 Å². The molecule has 0 atom stereocenters. The van der Waals surface area contributed by atoms with E-state index >= 15 is 0 Å². The van der Waals surface area contributed by atoms with Crippen molar-refractivity contribution in [3.8, 4) is 5.75 Å². The number of aromatic carboxylic acids is 1. The molecule has 7 heteroatoms. The van der Waals surface area contributed by atoms with E-state index in [4.69, 9.17) is 4.74 Å². The number of hydrogen-bond acceptors (Lipinski definition) is 5. The topological polar surface area (TPSA) is 88.5 Å². The molecule has 1 aromatic heterocycles. The molecule has 2 aromatic rings. The molecule has 0 aliphatic carbocycles. The van der Waals surface area contributed by atoms with Gasteiger partial charge in [-0.1, -0.05) is 6.92 Å². The molecule has 0 aliphatic heterocycles. The summed E-state index contributed by atoms with van der Waals surface area (Å²) in [5.74, 6) is -1.01. The van der Waals surface area contributed by atoms with Crippen molar-refractivity contribution in [2.75, 3.05) is 12.4 Å². The van der Waals surface area contributed by atoms with Crippen molar-refractivity contribution < 1.29 is 19.4 Å². The number of carboxylic acid groups (broad SMARTS) is 1. The Morgan fingerprint density at radius 3 is 2.77 bits per heavy atom. The highest BCUT2D eigenvalue weighted by Gasteiger charge is 2.15. The molecule has 0 bridgehead atoms. The van der Waals surface area contributed by atoms with E-state index in [1.165, 1.54) is 30.6 Å². The van der Waals surface area contributed by atoms with E-state index in [0.29, 0.717) is 11.4 Å². The van der Waals surface area contributed by atoms with Gasteiger partial charge >= 0.3 is 5.97 Å². The summed E-state index contributed by atoms with van der Waals surface area (Å²) < 4.78 is 4.99. The number of nitrogens with zero attached hydrogens (tertiary/aromatic N) is 1. The fourth-order valence-corrected chi connectivity index (χ4v) is 2.63. The smallest absolute Gasteiger partial charge is 0.337 e. The van der Waals surface area contributed by atoms with Gasteiger partial charge in [0.25, 0.3) is 0 Å². The number of hydrogen-bond donors (Lipinski definition) is 2. The number of methoxy groups -OCH3 is 1. The summed E-state index contributed by atoms with van der Waals surface area (Å²) in [5, 5.41) is 14.6. The molecule has 0 unspecified atom stereocenters. The highest BCUT2D eigenvalue weighted by Crippen LogP contribution is 2.22. The zero-order chi connectivity index (χ0) is 16.1. The normalized spacial score (nSPS) is 10.3. The van der Waals surface area contributed by atoms with Crippen LogP contribution in [0.3, 0.4) is 0 Å². The maximum absolute atomic E-state index is 12.0. The van der Waals surface area contributed by atoms with E-state index in [1.807, 2.05) is 12.3 Å². The van der Waals surface area contributed by atoms with Gasteiger partial charge in [0.05, 0.1) is 35.5 Å². The van der Waals surface area contributed by atoms with Crippen molar-refractivity contribution in [3.05, 3.63) is 39.8 Å². The lowest BCUT2D eigenvalue weighted by atomic mass is 10.1. The van der Waals surface area contributed by atoms with Crippen molar-refractivity contribution >= 4 is 28.9 Å². The lowest BCUT2D eigenvalue weighted by Gasteiger charge is -2.09. The first-order valence-electron chi connectivity index (χ1n) is 6.68. The van der Waals surface area contributed by atoms with Gasteiger partial charge in [-0.3, -0.25) is 4.79 Å². The quantitative estimate of drug-likeness (QED) is 0.854. The summed E-state index contributed by atoms with van der Waals surface area (Å²) in [6.45, 7) is 2.00. The molecule has 116 valence electrons. The third kappa shape index (κ3) is 3.82. The van der Waals surface area contributed by atoms with Crippen molar-refractivity contribution in [2.45, 2.75) is 19.8 Å². The minimum atomic E-state index is -1.13. The second kappa shape index (κ2) is 7.04. The molecule has 1 aromatic carbocycles. The third-order valence-corrected chi connectivity index (χ3v) is 4.02. The largest absolute Gasteiger partial charge is 0.497 e. The highest BCUT2D eigenvalue weighted by molar-refractivity contribution is 7.09. The zero-order valence-corrected chi connectivity index (χ0v) is 13.1. The van der Waals surface area contributed by atoms with Crippen LogP contribution >= 0.6 is 11.3 Å². The number of rotatable bonds is 6. The van der Waals surface area contributed by atoms with E-state index in [0.717, 1.165) is 11.4 Å². The molecule has 1 heterocycles. The lowest BCUT2D eigenvalue weighted by molar-refractivity contribution is -0.115. The van der Waals surface area contributed by atoms with Gasteiger partial charge in [0.1, 0.15) is 5.75 Å². The molecule has 22 heavy (non-hydrogen) atoms. The van der Waals surface area contributed by atoms with Gasteiger partial charge in [0, 0.05) is 5.38 Å². The van der Waals surface area contributed by atoms with Crippen LogP contribution in [0.5, 0.6) is 5.75 Å². The minimum absolute atomic E-state index is 0.0137. The predicted molar refractivity (Wildman–Crippen MR) is 83.8 cm³/mol. The molecular formula is C15H16N2O4S. The van der Waals surface area contributed by atoms with E-state index in [9.17, 15) is 14.7 Å². The second-order valence-corrected chi connectivity index (χ2v) is 5.47. The summed E-state index contributed by atoms with van der Waals surface area (Å²) in [5.41, 5.74) is 0.911. The van der Waals surface area contributed by atoms with Crippen molar-refractivity contribution in [1.29, 1.82) is 0 Å². The number of nitrogens with one attached hydrogen (secondary N) is 1. The SMILES string of the molecule is CCc1nc(CC(=O)Nc2ccc(OC)cc2C(=O)O)cs1. The van der Waals surface area contributed by atoms with Gasteiger partial charge in [-0.2, -0.15) is 0 Å². The first kappa shape index (κ1) is 16.0. The Morgan fingerprint density at radius 1 is 1.41 bits per heavy atom. The Morgan fingerprint density at radius 2 is 2.18 bits per heavy atom. The van der Waals surface area contributed by atoms with E-state index in [1.54, 1.807) is 6.07 Å². The fraction of sp³-hybridized carbons (Fsp3) is 0.267. The van der Waals surface area contributed by atoms with E-state index < -0.39 is 5.97 Å². The van der Waals surface area contributed by atoms with Gasteiger partial charge in [-0.25, -0.2) is 9.78 Å². The van der Waals surface area contributed by atoms with E-state index in [-0.39, 0.29) is 23.6 Å². The Hall–Kier alpha value is -2.41. The molecule has 1 amide bonds.